The minimum atomic E-state index is -4.45. The Labute approximate surface area is 125 Å². The molecule has 0 aliphatic carbocycles. The number of piperidine rings is 1. The van der Waals surface area contributed by atoms with Crippen molar-refractivity contribution >= 4 is 5.91 Å². The molecule has 0 bridgehead atoms. The number of nitrogens with zero attached hydrogens (tertiary/aromatic N) is 2. The molecule has 3 heterocycles. The fourth-order valence-electron chi connectivity index (χ4n) is 2.85. The third kappa shape index (κ3) is 2.95. The van der Waals surface area contributed by atoms with E-state index in [2.05, 4.69) is 10.2 Å². The average Bonchev–Trinajstić information content (AvgIpc) is 3.17. The van der Waals surface area contributed by atoms with E-state index in [1.807, 2.05) is 0 Å². The maximum atomic E-state index is 12.6. The number of amides is 1. The summed E-state index contributed by atoms with van der Waals surface area (Å²) in [5, 5.41) is 5.79. The van der Waals surface area contributed by atoms with Gasteiger partial charge in [-0.1, -0.05) is 0 Å². The van der Waals surface area contributed by atoms with Gasteiger partial charge in [0.2, 0.25) is 0 Å². The van der Waals surface area contributed by atoms with Gasteiger partial charge in [0.25, 0.3) is 5.91 Å². The molecule has 1 aromatic heterocycles. The predicted molar refractivity (Wildman–Crippen MR) is 70.8 cm³/mol. The maximum absolute atomic E-state index is 12.6. The summed E-state index contributed by atoms with van der Waals surface area (Å²) >= 11 is 0. The first-order valence-corrected chi connectivity index (χ1v) is 7.17. The quantitative estimate of drug-likeness (QED) is 0.912. The number of ether oxygens (including phenoxy) is 1. The van der Waals surface area contributed by atoms with Crippen LogP contribution in [0.15, 0.2) is 17.9 Å². The van der Waals surface area contributed by atoms with Crippen LogP contribution in [0.3, 0.4) is 0 Å². The molecule has 8 heteroatoms. The highest BCUT2D eigenvalue weighted by molar-refractivity contribution is 5.93. The molecule has 0 radical (unpaired) electrons. The SMILES string of the molecule is O=C(C1=COCC1)N1CCCC(c2cc(C(F)(F)F)n[nH]2)C1. The summed E-state index contributed by atoms with van der Waals surface area (Å²) in [6.07, 6.45) is -0.902. The Hall–Kier alpha value is -1.99. The minimum absolute atomic E-state index is 0.0854. The fraction of sp³-hybridized carbons (Fsp3) is 0.571. The molecule has 2 aliphatic rings. The molecule has 0 saturated carbocycles. The van der Waals surface area contributed by atoms with E-state index >= 15 is 0 Å². The molecule has 1 aromatic rings. The normalized spacial score (nSPS) is 22.4. The van der Waals surface area contributed by atoms with Crippen LogP contribution in [0.1, 0.15) is 36.6 Å². The first-order valence-electron chi connectivity index (χ1n) is 7.17. The van der Waals surface area contributed by atoms with Crippen LogP contribution in [-0.2, 0) is 15.7 Å². The van der Waals surface area contributed by atoms with E-state index in [9.17, 15) is 18.0 Å². The molecule has 22 heavy (non-hydrogen) atoms. The number of aromatic nitrogens is 2. The second kappa shape index (κ2) is 5.66. The first-order chi connectivity index (χ1) is 10.4. The lowest BCUT2D eigenvalue weighted by atomic mass is 9.94. The molecule has 2 aliphatic heterocycles. The highest BCUT2D eigenvalue weighted by Crippen LogP contribution is 2.32. The van der Waals surface area contributed by atoms with Crippen molar-refractivity contribution in [3.05, 3.63) is 29.3 Å². The van der Waals surface area contributed by atoms with Gasteiger partial charge in [-0.3, -0.25) is 9.89 Å². The Morgan fingerprint density at radius 2 is 2.27 bits per heavy atom. The number of aromatic amines is 1. The molecule has 1 atom stereocenters. The molecule has 1 unspecified atom stereocenters. The van der Waals surface area contributed by atoms with Gasteiger partial charge in [0, 0.05) is 31.1 Å². The number of likely N-dealkylation sites (tertiary alicyclic amines) is 1. The topological polar surface area (TPSA) is 58.2 Å². The number of H-pyrrole nitrogens is 1. The molecule has 1 fully saturated rings. The van der Waals surface area contributed by atoms with Crippen molar-refractivity contribution < 1.29 is 22.7 Å². The van der Waals surface area contributed by atoms with Gasteiger partial charge < -0.3 is 9.64 Å². The van der Waals surface area contributed by atoms with E-state index in [-0.39, 0.29) is 11.8 Å². The van der Waals surface area contributed by atoms with Gasteiger partial charge in [-0.05, 0) is 18.9 Å². The van der Waals surface area contributed by atoms with Gasteiger partial charge in [0.15, 0.2) is 5.69 Å². The van der Waals surface area contributed by atoms with Crippen LogP contribution >= 0.6 is 0 Å². The van der Waals surface area contributed by atoms with E-state index in [1.165, 1.54) is 6.26 Å². The third-order valence-corrected chi connectivity index (χ3v) is 4.03. The standard InChI is InChI=1S/C14H16F3N3O2/c15-14(16,17)12-6-11(18-19-12)9-2-1-4-20(7-9)13(21)10-3-5-22-8-10/h6,8-9H,1-5,7H2,(H,18,19). The molecule has 5 nitrogen and oxygen atoms in total. The Balaban J connectivity index is 1.70. The summed E-state index contributed by atoms with van der Waals surface area (Å²) in [6.45, 7) is 1.52. The van der Waals surface area contributed by atoms with E-state index < -0.39 is 11.9 Å². The van der Waals surface area contributed by atoms with Crippen molar-refractivity contribution in [3.8, 4) is 0 Å². The summed E-state index contributed by atoms with van der Waals surface area (Å²) in [6, 6.07) is 1.04. The lowest BCUT2D eigenvalue weighted by Gasteiger charge is -2.32. The zero-order valence-corrected chi connectivity index (χ0v) is 11.8. The predicted octanol–water partition coefficient (Wildman–Crippen LogP) is 2.44. The summed E-state index contributed by atoms with van der Waals surface area (Å²) in [7, 11) is 0. The molecule has 1 N–H and O–H groups in total. The molecule has 0 aromatic carbocycles. The van der Waals surface area contributed by atoms with Crippen LogP contribution in [0.5, 0.6) is 0 Å². The molecule has 1 saturated heterocycles. The van der Waals surface area contributed by atoms with Crippen LogP contribution < -0.4 is 0 Å². The van der Waals surface area contributed by atoms with Crippen LogP contribution in [0.25, 0.3) is 0 Å². The van der Waals surface area contributed by atoms with Gasteiger partial charge in [0.05, 0.1) is 18.4 Å². The lowest BCUT2D eigenvalue weighted by molar-refractivity contribution is -0.141. The Morgan fingerprint density at radius 1 is 1.45 bits per heavy atom. The second-order valence-electron chi connectivity index (χ2n) is 5.56. The van der Waals surface area contributed by atoms with Crippen LogP contribution in [0.2, 0.25) is 0 Å². The number of carbonyl (C=O) groups excluding carboxylic acids is 1. The Kier molecular flexibility index (Phi) is 3.84. The summed E-state index contributed by atoms with van der Waals surface area (Å²) < 4.78 is 42.9. The van der Waals surface area contributed by atoms with Crippen LogP contribution in [0.4, 0.5) is 13.2 Å². The van der Waals surface area contributed by atoms with E-state index in [4.69, 9.17) is 4.74 Å². The number of alkyl halides is 3. The van der Waals surface area contributed by atoms with Crippen LogP contribution in [-0.4, -0.2) is 40.7 Å². The van der Waals surface area contributed by atoms with Crippen molar-refractivity contribution in [2.45, 2.75) is 31.4 Å². The van der Waals surface area contributed by atoms with Gasteiger partial charge in [0.1, 0.15) is 0 Å². The summed E-state index contributed by atoms with van der Waals surface area (Å²) in [5.41, 5.74) is 0.139. The number of hydrogen-bond donors (Lipinski definition) is 1. The maximum Gasteiger partial charge on any atom is 0.435 e. The van der Waals surface area contributed by atoms with Crippen molar-refractivity contribution in [2.75, 3.05) is 19.7 Å². The van der Waals surface area contributed by atoms with Gasteiger partial charge in [-0.2, -0.15) is 18.3 Å². The lowest BCUT2D eigenvalue weighted by Crippen LogP contribution is -2.39. The molecule has 1 amide bonds. The van der Waals surface area contributed by atoms with Gasteiger partial charge >= 0.3 is 6.18 Å². The second-order valence-corrected chi connectivity index (χ2v) is 5.56. The Bertz CT molecular complexity index is 594. The highest BCUT2D eigenvalue weighted by Gasteiger charge is 2.35. The fourth-order valence-corrected chi connectivity index (χ4v) is 2.85. The van der Waals surface area contributed by atoms with Gasteiger partial charge in [-0.15, -0.1) is 0 Å². The van der Waals surface area contributed by atoms with Crippen molar-refractivity contribution in [1.82, 2.24) is 15.1 Å². The van der Waals surface area contributed by atoms with E-state index in [0.29, 0.717) is 37.4 Å². The van der Waals surface area contributed by atoms with E-state index in [1.54, 1.807) is 4.90 Å². The largest absolute Gasteiger partial charge is 0.500 e. The number of hydrogen-bond acceptors (Lipinski definition) is 3. The number of nitrogens with one attached hydrogen (secondary N) is 1. The summed E-state index contributed by atoms with van der Waals surface area (Å²) in [4.78, 5) is 14.0. The van der Waals surface area contributed by atoms with Crippen molar-refractivity contribution in [3.63, 3.8) is 0 Å². The molecular formula is C14H16F3N3O2. The number of halogens is 3. The monoisotopic (exact) mass is 315 g/mol. The van der Waals surface area contributed by atoms with Crippen molar-refractivity contribution in [2.24, 2.45) is 0 Å². The average molecular weight is 315 g/mol. The molecule has 120 valence electrons. The number of carbonyl (C=O) groups is 1. The number of rotatable bonds is 2. The molecular weight excluding hydrogens is 299 g/mol. The van der Waals surface area contributed by atoms with Gasteiger partial charge in [-0.25, -0.2) is 0 Å². The zero-order chi connectivity index (χ0) is 15.7. The van der Waals surface area contributed by atoms with Crippen LogP contribution in [0, 0.1) is 0 Å². The highest BCUT2D eigenvalue weighted by atomic mass is 19.4. The smallest absolute Gasteiger partial charge is 0.435 e. The third-order valence-electron chi connectivity index (χ3n) is 4.03. The van der Waals surface area contributed by atoms with Crippen molar-refractivity contribution in [1.29, 1.82) is 0 Å². The Morgan fingerprint density at radius 3 is 2.91 bits per heavy atom. The molecule has 0 spiro atoms. The first kappa shape index (κ1) is 14.9. The zero-order valence-electron chi connectivity index (χ0n) is 11.8. The minimum Gasteiger partial charge on any atom is -0.500 e. The summed E-state index contributed by atoms with van der Waals surface area (Å²) in [5.74, 6) is -0.234. The molecule has 3 rings (SSSR count). The van der Waals surface area contributed by atoms with E-state index in [0.717, 1.165) is 18.9 Å².